The first-order valence-electron chi connectivity index (χ1n) is 8.16. The van der Waals surface area contributed by atoms with Gasteiger partial charge >= 0.3 is 5.97 Å². The normalized spacial score (nSPS) is 10.1. The Kier molecular flexibility index (Phi) is 6.07. The molecule has 6 heteroatoms. The molecule has 0 saturated heterocycles. The first-order valence-corrected chi connectivity index (χ1v) is 8.53. The molecule has 0 aliphatic heterocycles. The lowest BCUT2D eigenvalue weighted by atomic mass is 10.2. The number of hydrogen-bond donors (Lipinski definition) is 1. The number of nitrogens with one attached hydrogen (secondary N) is 1. The minimum Gasteiger partial charge on any atom is -0.482 e. The van der Waals surface area contributed by atoms with Crippen LogP contribution in [-0.4, -0.2) is 18.5 Å². The zero-order chi connectivity index (χ0) is 19.1. The van der Waals surface area contributed by atoms with Gasteiger partial charge in [-0.15, -0.1) is 0 Å². The summed E-state index contributed by atoms with van der Waals surface area (Å²) < 4.78 is 10.5. The number of carbonyl (C=O) groups excluding carboxylic acids is 2. The second kappa shape index (κ2) is 8.87. The Balaban J connectivity index is 1.52. The average molecular weight is 382 g/mol. The predicted octanol–water partition coefficient (Wildman–Crippen LogP) is 4.58. The number of halogens is 1. The highest BCUT2D eigenvalue weighted by Gasteiger charge is 2.09. The lowest BCUT2D eigenvalue weighted by Crippen LogP contribution is -2.18. The molecular formula is C21H16ClNO4. The topological polar surface area (TPSA) is 64.6 Å². The van der Waals surface area contributed by atoms with E-state index in [-0.39, 0.29) is 12.5 Å². The van der Waals surface area contributed by atoms with Crippen LogP contribution in [0.4, 0.5) is 5.69 Å². The number of para-hydroxylation sites is 1. The van der Waals surface area contributed by atoms with E-state index in [1.807, 2.05) is 18.2 Å². The molecule has 1 N–H and O–H groups in total. The molecule has 0 heterocycles. The fourth-order valence-electron chi connectivity index (χ4n) is 2.26. The van der Waals surface area contributed by atoms with Gasteiger partial charge in [0.15, 0.2) is 6.61 Å². The smallest absolute Gasteiger partial charge is 0.349 e. The minimum atomic E-state index is -0.559. The monoisotopic (exact) mass is 381 g/mol. The average Bonchev–Trinajstić information content (AvgIpc) is 2.68. The summed E-state index contributed by atoms with van der Waals surface area (Å²) in [6, 6.07) is 22.1. The van der Waals surface area contributed by atoms with Gasteiger partial charge in [0.1, 0.15) is 11.5 Å². The van der Waals surface area contributed by atoms with Crippen LogP contribution in [0.25, 0.3) is 0 Å². The third-order valence-corrected chi connectivity index (χ3v) is 3.77. The lowest BCUT2D eigenvalue weighted by Gasteiger charge is -2.08. The third-order valence-electron chi connectivity index (χ3n) is 3.53. The van der Waals surface area contributed by atoms with Crippen LogP contribution in [0.15, 0.2) is 78.9 Å². The van der Waals surface area contributed by atoms with Crippen LogP contribution in [0.1, 0.15) is 10.4 Å². The van der Waals surface area contributed by atoms with Gasteiger partial charge < -0.3 is 14.8 Å². The van der Waals surface area contributed by atoms with Gasteiger partial charge in [-0.25, -0.2) is 4.79 Å². The maximum atomic E-state index is 12.2. The van der Waals surface area contributed by atoms with Crippen LogP contribution < -0.4 is 14.8 Å². The predicted molar refractivity (Wildman–Crippen MR) is 103 cm³/mol. The van der Waals surface area contributed by atoms with E-state index >= 15 is 0 Å². The van der Waals surface area contributed by atoms with Crippen LogP contribution in [0.2, 0.25) is 5.02 Å². The molecule has 3 aromatic carbocycles. The van der Waals surface area contributed by atoms with Crippen molar-refractivity contribution in [3.05, 3.63) is 89.4 Å². The molecule has 5 nitrogen and oxygen atoms in total. The van der Waals surface area contributed by atoms with Crippen molar-refractivity contribution < 1.29 is 19.1 Å². The van der Waals surface area contributed by atoms with E-state index in [0.717, 1.165) is 0 Å². The molecule has 0 aliphatic carbocycles. The van der Waals surface area contributed by atoms with E-state index in [1.54, 1.807) is 60.7 Å². The van der Waals surface area contributed by atoms with E-state index in [4.69, 9.17) is 21.1 Å². The standard InChI is InChI=1S/C21H16ClNO4/c22-16-5-4-8-19(13-16)26-14-20(24)27-18-11-9-15(10-12-18)21(25)23-17-6-2-1-3-7-17/h1-13H,14H2,(H,23,25). The third kappa shape index (κ3) is 5.59. The molecule has 27 heavy (non-hydrogen) atoms. The summed E-state index contributed by atoms with van der Waals surface area (Å²) in [5, 5.41) is 3.30. The Bertz CT molecular complexity index is 926. The van der Waals surface area contributed by atoms with Gasteiger partial charge in [0.05, 0.1) is 0 Å². The highest BCUT2D eigenvalue weighted by Crippen LogP contribution is 2.18. The molecule has 0 atom stereocenters. The Labute approximate surface area is 161 Å². The van der Waals surface area contributed by atoms with Crippen molar-refractivity contribution in [3.8, 4) is 11.5 Å². The molecule has 0 saturated carbocycles. The maximum absolute atomic E-state index is 12.2. The van der Waals surface area contributed by atoms with Crippen LogP contribution in [-0.2, 0) is 4.79 Å². The van der Waals surface area contributed by atoms with Crippen molar-refractivity contribution in [2.24, 2.45) is 0 Å². The molecule has 0 fully saturated rings. The summed E-state index contributed by atoms with van der Waals surface area (Å²) in [4.78, 5) is 24.1. The molecule has 136 valence electrons. The molecule has 0 aromatic heterocycles. The van der Waals surface area contributed by atoms with Crippen molar-refractivity contribution in [2.45, 2.75) is 0 Å². The highest BCUT2D eigenvalue weighted by molar-refractivity contribution is 6.30. The molecule has 0 radical (unpaired) electrons. The number of benzene rings is 3. The van der Waals surface area contributed by atoms with Gasteiger partial charge in [0.2, 0.25) is 0 Å². The van der Waals surface area contributed by atoms with Gasteiger partial charge in [-0.2, -0.15) is 0 Å². The molecule has 0 bridgehead atoms. The highest BCUT2D eigenvalue weighted by atomic mass is 35.5. The van der Waals surface area contributed by atoms with E-state index in [1.165, 1.54) is 0 Å². The number of ether oxygens (including phenoxy) is 2. The minimum absolute atomic E-state index is 0.247. The zero-order valence-electron chi connectivity index (χ0n) is 14.2. The second-order valence-electron chi connectivity index (χ2n) is 5.56. The Morgan fingerprint density at radius 2 is 1.59 bits per heavy atom. The molecule has 0 spiro atoms. The first kappa shape index (κ1) is 18.5. The summed E-state index contributed by atoms with van der Waals surface area (Å²) in [7, 11) is 0. The fraction of sp³-hybridized carbons (Fsp3) is 0.0476. The molecule has 3 rings (SSSR count). The molecule has 0 aliphatic rings. The van der Waals surface area contributed by atoms with Crippen LogP contribution in [0.3, 0.4) is 0 Å². The van der Waals surface area contributed by atoms with Gasteiger partial charge in [0, 0.05) is 16.3 Å². The number of rotatable bonds is 6. The maximum Gasteiger partial charge on any atom is 0.349 e. The number of amides is 1. The summed E-state index contributed by atoms with van der Waals surface area (Å²) in [5.41, 5.74) is 1.16. The number of carbonyl (C=O) groups is 2. The SMILES string of the molecule is O=C(COc1cccc(Cl)c1)Oc1ccc(C(=O)Nc2ccccc2)cc1. The number of anilines is 1. The van der Waals surface area contributed by atoms with E-state index < -0.39 is 5.97 Å². The fourth-order valence-corrected chi connectivity index (χ4v) is 2.44. The number of esters is 1. The first-order chi connectivity index (χ1) is 13.1. The van der Waals surface area contributed by atoms with Crippen LogP contribution in [0.5, 0.6) is 11.5 Å². The van der Waals surface area contributed by atoms with Crippen molar-refractivity contribution in [2.75, 3.05) is 11.9 Å². The molecule has 3 aromatic rings. The Morgan fingerprint density at radius 3 is 2.30 bits per heavy atom. The molecular weight excluding hydrogens is 366 g/mol. The van der Waals surface area contributed by atoms with Crippen molar-refractivity contribution in [1.29, 1.82) is 0 Å². The van der Waals surface area contributed by atoms with Crippen LogP contribution in [0, 0.1) is 0 Å². The van der Waals surface area contributed by atoms with Gasteiger partial charge in [-0.1, -0.05) is 35.9 Å². The molecule has 1 amide bonds. The number of hydrogen-bond acceptors (Lipinski definition) is 4. The summed E-state index contributed by atoms with van der Waals surface area (Å²) in [6.45, 7) is -0.253. The lowest BCUT2D eigenvalue weighted by molar-refractivity contribution is -0.136. The zero-order valence-corrected chi connectivity index (χ0v) is 15.0. The quantitative estimate of drug-likeness (QED) is 0.501. The summed E-state index contributed by atoms with van der Waals surface area (Å²) in [6.07, 6.45) is 0. The summed E-state index contributed by atoms with van der Waals surface area (Å²) >= 11 is 5.85. The van der Waals surface area contributed by atoms with E-state index in [9.17, 15) is 9.59 Å². The second-order valence-corrected chi connectivity index (χ2v) is 6.00. The Hall–Kier alpha value is -3.31. The van der Waals surface area contributed by atoms with Gasteiger partial charge in [0.25, 0.3) is 5.91 Å². The largest absolute Gasteiger partial charge is 0.482 e. The van der Waals surface area contributed by atoms with Crippen molar-refractivity contribution in [3.63, 3.8) is 0 Å². The van der Waals surface area contributed by atoms with E-state index in [2.05, 4.69) is 5.32 Å². The van der Waals surface area contributed by atoms with Gasteiger partial charge in [-0.05, 0) is 54.6 Å². The molecule has 0 unspecified atom stereocenters. The van der Waals surface area contributed by atoms with E-state index in [0.29, 0.717) is 27.8 Å². The van der Waals surface area contributed by atoms with Gasteiger partial charge in [-0.3, -0.25) is 4.79 Å². The Morgan fingerprint density at radius 1 is 0.852 bits per heavy atom. The van der Waals surface area contributed by atoms with Crippen molar-refractivity contribution >= 4 is 29.2 Å². The summed E-state index contributed by atoms with van der Waals surface area (Å²) in [5.74, 6) is -0.00170. The van der Waals surface area contributed by atoms with Crippen LogP contribution >= 0.6 is 11.6 Å². The van der Waals surface area contributed by atoms with Crippen molar-refractivity contribution in [1.82, 2.24) is 0 Å².